The Bertz CT molecular complexity index is 1340. The molecule has 0 atom stereocenters. The van der Waals surface area contributed by atoms with Crippen LogP contribution in [-0.4, -0.2) is 60.9 Å². The van der Waals surface area contributed by atoms with Crippen LogP contribution < -0.4 is 9.61 Å². The third kappa shape index (κ3) is 4.83. The Labute approximate surface area is 197 Å². The molecule has 10 heteroatoms. The normalized spacial score (nSPS) is 15.3. The molecular weight excluding hydrogens is 462 g/mol. The number of carbonyl (C=O) groups is 1. The van der Waals surface area contributed by atoms with Gasteiger partial charge in [-0.3, -0.25) is 14.2 Å². The number of benzene rings is 2. The third-order valence-electron chi connectivity index (χ3n) is 5.68. The Morgan fingerprint density at radius 1 is 1.09 bits per heavy atom. The van der Waals surface area contributed by atoms with E-state index in [9.17, 15) is 18.0 Å². The van der Waals surface area contributed by atoms with Crippen molar-refractivity contribution < 1.29 is 17.9 Å². The summed E-state index contributed by atoms with van der Waals surface area (Å²) in [7, 11) is -3.73. The highest BCUT2D eigenvalue weighted by atomic mass is 32.2. The molecule has 0 N–H and O–H groups in total. The molecule has 0 bridgehead atoms. The first-order valence-electron chi connectivity index (χ1n) is 10.8. The van der Waals surface area contributed by atoms with E-state index in [0.717, 1.165) is 22.4 Å². The summed E-state index contributed by atoms with van der Waals surface area (Å²) in [6, 6.07) is 12.3. The van der Waals surface area contributed by atoms with Crippen LogP contribution in [0.5, 0.6) is 5.75 Å². The second-order valence-electron chi connectivity index (χ2n) is 8.35. The predicted molar refractivity (Wildman–Crippen MR) is 128 cm³/mol. The van der Waals surface area contributed by atoms with Gasteiger partial charge in [0.05, 0.1) is 15.1 Å². The molecule has 1 amide bonds. The molecule has 2 heterocycles. The Morgan fingerprint density at radius 2 is 1.82 bits per heavy atom. The molecule has 1 fully saturated rings. The number of fused-ring (bicyclic) bond motifs is 1. The number of thiazole rings is 1. The number of carbonyl (C=O) groups excluding carboxylic acids is 1. The van der Waals surface area contributed by atoms with E-state index in [2.05, 4.69) is 0 Å². The SMILES string of the molecule is Cc1cccc(OCC(=O)N2CCN(S(=O)(=O)c3ccc4c(c3)sc(=O)n4C(C)C)CC2)c1. The highest BCUT2D eigenvalue weighted by molar-refractivity contribution is 7.89. The van der Waals surface area contributed by atoms with Gasteiger partial charge in [-0.1, -0.05) is 23.5 Å². The zero-order valence-corrected chi connectivity index (χ0v) is 20.5. The van der Waals surface area contributed by atoms with Gasteiger partial charge in [-0.25, -0.2) is 8.42 Å². The summed E-state index contributed by atoms with van der Waals surface area (Å²) in [5.41, 5.74) is 1.79. The molecular formula is C23H27N3O5S2. The summed E-state index contributed by atoms with van der Waals surface area (Å²) in [5.74, 6) is 0.461. The van der Waals surface area contributed by atoms with Crippen molar-refractivity contribution in [2.75, 3.05) is 32.8 Å². The number of piperazine rings is 1. The second-order valence-corrected chi connectivity index (χ2v) is 11.3. The van der Waals surface area contributed by atoms with E-state index in [1.807, 2.05) is 39.0 Å². The van der Waals surface area contributed by atoms with E-state index in [1.54, 1.807) is 33.7 Å². The van der Waals surface area contributed by atoms with Gasteiger partial charge in [0.25, 0.3) is 5.91 Å². The van der Waals surface area contributed by atoms with Gasteiger partial charge in [0, 0.05) is 32.2 Å². The third-order valence-corrected chi connectivity index (χ3v) is 8.49. The van der Waals surface area contributed by atoms with Crippen LogP contribution in [0.15, 0.2) is 52.2 Å². The monoisotopic (exact) mass is 489 g/mol. The number of aryl methyl sites for hydroxylation is 1. The van der Waals surface area contributed by atoms with Gasteiger partial charge < -0.3 is 9.64 Å². The number of amides is 1. The van der Waals surface area contributed by atoms with Gasteiger partial charge in [0.15, 0.2) is 6.61 Å². The Morgan fingerprint density at radius 3 is 2.48 bits per heavy atom. The number of nitrogens with zero attached hydrogens (tertiary/aromatic N) is 3. The summed E-state index contributed by atoms with van der Waals surface area (Å²) in [6.45, 7) is 6.73. The van der Waals surface area contributed by atoms with Gasteiger partial charge >= 0.3 is 4.87 Å². The van der Waals surface area contributed by atoms with E-state index < -0.39 is 10.0 Å². The molecule has 0 unspecified atom stereocenters. The van der Waals surface area contributed by atoms with Crippen molar-refractivity contribution in [2.45, 2.75) is 31.7 Å². The van der Waals surface area contributed by atoms with E-state index in [4.69, 9.17) is 4.74 Å². The highest BCUT2D eigenvalue weighted by Crippen LogP contribution is 2.26. The molecule has 4 rings (SSSR count). The van der Waals surface area contributed by atoms with Gasteiger partial charge in [-0.15, -0.1) is 0 Å². The standard InChI is InChI=1S/C23H27N3O5S2/c1-16(2)26-20-8-7-19(14-21(20)32-23(26)28)33(29,30)25-11-9-24(10-12-25)22(27)15-31-18-6-4-5-17(3)13-18/h4-8,13-14,16H,9-12,15H2,1-3H3. The quantitative estimate of drug-likeness (QED) is 0.531. The van der Waals surface area contributed by atoms with Crippen molar-refractivity contribution in [1.29, 1.82) is 0 Å². The van der Waals surface area contributed by atoms with E-state index >= 15 is 0 Å². The van der Waals surface area contributed by atoms with Gasteiger partial charge in [-0.05, 0) is 56.7 Å². The molecule has 1 aliphatic heterocycles. The first-order chi connectivity index (χ1) is 15.7. The lowest BCUT2D eigenvalue weighted by Gasteiger charge is -2.34. The Kier molecular flexibility index (Phi) is 6.60. The van der Waals surface area contributed by atoms with Crippen molar-refractivity contribution in [3.63, 3.8) is 0 Å². The maximum absolute atomic E-state index is 13.2. The minimum Gasteiger partial charge on any atom is -0.484 e. The minimum atomic E-state index is -3.73. The molecule has 33 heavy (non-hydrogen) atoms. The van der Waals surface area contributed by atoms with Crippen LogP contribution in [0.3, 0.4) is 0 Å². The number of hydrogen-bond acceptors (Lipinski definition) is 6. The molecule has 176 valence electrons. The van der Waals surface area contributed by atoms with Crippen LogP contribution >= 0.6 is 11.3 Å². The fourth-order valence-electron chi connectivity index (χ4n) is 3.93. The first kappa shape index (κ1) is 23.5. The van der Waals surface area contributed by atoms with Crippen molar-refractivity contribution >= 4 is 37.5 Å². The van der Waals surface area contributed by atoms with Crippen molar-refractivity contribution in [3.8, 4) is 5.75 Å². The lowest BCUT2D eigenvalue weighted by Crippen LogP contribution is -2.51. The van der Waals surface area contributed by atoms with E-state index in [1.165, 1.54) is 4.31 Å². The Balaban J connectivity index is 1.41. The summed E-state index contributed by atoms with van der Waals surface area (Å²) in [4.78, 5) is 26.5. The van der Waals surface area contributed by atoms with Crippen LogP contribution in [-0.2, 0) is 14.8 Å². The molecule has 8 nitrogen and oxygen atoms in total. The zero-order valence-electron chi connectivity index (χ0n) is 18.9. The second kappa shape index (κ2) is 9.28. The lowest BCUT2D eigenvalue weighted by atomic mass is 10.2. The molecule has 0 saturated carbocycles. The molecule has 0 spiro atoms. The summed E-state index contributed by atoms with van der Waals surface area (Å²) >= 11 is 1.05. The molecule has 1 aliphatic rings. The maximum Gasteiger partial charge on any atom is 0.308 e. The van der Waals surface area contributed by atoms with E-state index in [-0.39, 0.29) is 41.4 Å². The topological polar surface area (TPSA) is 88.9 Å². The molecule has 1 saturated heterocycles. The van der Waals surface area contributed by atoms with Crippen LogP contribution in [0.2, 0.25) is 0 Å². The molecule has 0 radical (unpaired) electrons. The van der Waals surface area contributed by atoms with Gasteiger partial charge in [0.1, 0.15) is 5.75 Å². The number of aromatic nitrogens is 1. The van der Waals surface area contributed by atoms with Gasteiger partial charge in [0.2, 0.25) is 10.0 Å². The van der Waals surface area contributed by atoms with Crippen LogP contribution in [0.1, 0.15) is 25.5 Å². The zero-order chi connectivity index (χ0) is 23.8. The highest BCUT2D eigenvalue weighted by Gasteiger charge is 2.30. The Hall–Kier alpha value is -2.69. The number of sulfonamides is 1. The summed E-state index contributed by atoms with van der Waals surface area (Å²) in [5, 5.41) is 0. The van der Waals surface area contributed by atoms with Crippen molar-refractivity contribution in [2.24, 2.45) is 0 Å². The number of rotatable bonds is 6. The minimum absolute atomic E-state index is 0.00536. The fourth-order valence-corrected chi connectivity index (χ4v) is 6.51. The molecule has 3 aromatic rings. The molecule has 0 aliphatic carbocycles. The summed E-state index contributed by atoms with van der Waals surface area (Å²) < 4.78 is 35.7. The van der Waals surface area contributed by atoms with E-state index in [0.29, 0.717) is 23.5 Å². The molecule has 1 aromatic heterocycles. The number of hydrogen-bond donors (Lipinski definition) is 0. The fraction of sp³-hybridized carbons (Fsp3) is 0.391. The van der Waals surface area contributed by atoms with Crippen LogP contribution in [0.4, 0.5) is 0 Å². The number of ether oxygens (including phenoxy) is 1. The maximum atomic E-state index is 13.2. The summed E-state index contributed by atoms with van der Waals surface area (Å²) in [6.07, 6.45) is 0. The largest absolute Gasteiger partial charge is 0.484 e. The lowest BCUT2D eigenvalue weighted by molar-refractivity contribution is -0.134. The smallest absolute Gasteiger partial charge is 0.308 e. The predicted octanol–water partition coefficient (Wildman–Crippen LogP) is 2.86. The van der Waals surface area contributed by atoms with Crippen LogP contribution in [0.25, 0.3) is 10.2 Å². The van der Waals surface area contributed by atoms with Gasteiger partial charge in [-0.2, -0.15) is 4.31 Å². The van der Waals surface area contributed by atoms with Crippen LogP contribution in [0, 0.1) is 6.92 Å². The average Bonchev–Trinajstić information content (AvgIpc) is 3.12. The van der Waals surface area contributed by atoms with Crippen molar-refractivity contribution in [3.05, 3.63) is 57.7 Å². The average molecular weight is 490 g/mol. The van der Waals surface area contributed by atoms with Crippen molar-refractivity contribution in [1.82, 2.24) is 13.8 Å². The first-order valence-corrected chi connectivity index (χ1v) is 13.0. The molecule has 2 aromatic carbocycles.